The van der Waals surface area contributed by atoms with Crippen molar-refractivity contribution in [1.82, 2.24) is 5.01 Å². The van der Waals surface area contributed by atoms with Crippen molar-refractivity contribution in [1.29, 1.82) is 0 Å². The van der Waals surface area contributed by atoms with Crippen LogP contribution in [-0.2, 0) is 0 Å². The fraction of sp³-hybridized carbons (Fsp3) is 0.222. The van der Waals surface area contributed by atoms with Crippen molar-refractivity contribution >= 4 is 17.3 Å². The van der Waals surface area contributed by atoms with Gasteiger partial charge in [-0.25, -0.2) is 5.01 Å². The maximum absolute atomic E-state index is 6.54. The molecule has 0 saturated carbocycles. The Balaban J connectivity index is 1.58. The Morgan fingerprint density at radius 1 is 1.06 bits per heavy atom. The van der Waals surface area contributed by atoms with Crippen LogP contribution in [0.2, 0.25) is 5.02 Å². The first kappa shape index (κ1) is 22.2. The van der Waals surface area contributed by atoms with Crippen molar-refractivity contribution in [2.75, 3.05) is 20.8 Å². The van der Waals surface area contributed by atoms with Crippen LogP contribution in [-0.4, -0.2) is 31.5 Å². The Kier molecular flexibility index (Phi) is 6.07. The molecule has 0 unspecified atom stereocenters. The van der Waals surface area contributed by atoms with Gasteiger partial charge in [0, 0.05) is 22.6 Å². The highest BCUT2D eigenvalue weighted by atomic mass is 35.5. The Labute approximate surface area is 204 Å². The molecule has 7 heteroatoms. The minimum absolute atomic E-state index is 0.00258. The van der Waals surface area contributed by atoms with Crippen molar-refractivity contribution in [3.05, 3.63) is 95.0 Å². The van der Waals surface area contributed by atoms with Gasteiger partial charge in [-0.2, -0.15) is 5.10 Å². The molecule has 0 aromatic heterocycles. The van der Waals surface area contributed by atoms with E-state index in [4.69, 9.17) is 35.6 Å². The molecule has 3 aromatic carbocycles. The van der Waals surface area contributed by atoms with Crippen LogP contribution in [0.1, 0.15) is 35.4 Å². The fourth-order valence-corrected chi connectivity index (χ4v) is 4.51. The fourth-order valence-electron chi connectivity index (χ4n) is 4.39. The van der Waals surface area contributed by atoms with E-state index in [1.165, 1.54) is 0 Å². The Morgan fingerprint density at radius 2 is 1.85 bits per heavy atom. The second-order valence-electron chi connectivity index (χ2n) is 8.01. The number of methoxy groups -OCH3 is 2. The largest absolute Gasteiger partial charge is 0.493 e. The molecule has 2 aliphatic rings. The number of rotatable bonds is 7. The van der Waals surface area contributed by atoms with E-state index >= 15 is 0 Å². The maximum atomic E-state index is 6.54. The first-order valence-corrected chi connectivity index (χ1v) is 11.4. The second kappa shape index (κ2) is 9.31. The molecule has 0 aliphatic carbocycles. The lowest BCUT2D eigenvalue weighted by Crippen LogP contribution is -2.33. The van der Waals surface area contributed by atoms with E-state index < -0.39 is 6.23 Å². The zero-order chi connectivity index (χ0) is 23.7. The Hall–Kier alpha value is -3.64. The van der Waals surface area contributed by atoms with Crippen LogP contribution < -0.4 is 18.9 Å². The van der Waals surface area contributed by atoms with Gasteiger partial charge in [-0.1, -0.05) is 48.5 Å². The molecule has 34 heavy (non-hydrogen) atoms. The molecule has 0 fully saturated rings. The maximum Gasteiger partial charge on any atom is 0.214 e. The third kappa shape index (κ3) is 3.94. The van der Waals surface area contributed by atoms with Crippen LogP contribution >= 0.6 is 11.6 Å². The molecule has 2 heterocycles. The van der Waals surface area contributed by atoms with Crippen LogP contribution in [0, 0.1) is 0 Å². The number of para-hydroxylation sites is 1. The number of hydrogen-bond donors (Lipinski definition) is 0. The van der Waals surface area contributed by atoms with E-state index in [0.29, 0.717) is 28.9 Å². The average molecular weight is 477 g/mol. The average Bonchev–Trinajstić information content (AvgIpc) is 3.32. The highest BCUT2D eigenvalue weighted by molar-refractivity contribution is 6.30. The first-order valence-electron chi connectivity index (χ1n) is 11.0. The lowest BCUT2D eigenvalue weighted by Gasteiger charge is -2.38. The molecule has 6 nitrogen and oxygen atoms in total. The summed E-state index contributed by atoms with van der Waals surface area (Å²) in [5.74, 6) is 2.68. The van der Waals surface area contributed by atoms with Gasteiger partial charge in [0.1, 0.15) is 6.61 Å². The smallest absolute Gasteiger partial charge is 0.214 e. The van der Waals surface area contributed by atoms with Gasteiger partial charge in [0.25, 0.3) is 0 Å². The summed E-state index contributed by atoms with van der Waals surface area (Å²) in [4.78, 5) is 0. The lowest BCUT2D eigenvalue weighted by atomic mass is 9.95. The van der Waals surface area contributed by atoms with Crippen LogP contribution in [0.25, 0.3) is 0 Å². The van der Waals surface area contributed by atoms with Crippen molar-refractivity contribution in [2.24, 2.45) is 5.10 Å². The third-order valence-corrected chi connectivity index (χ3v) is 6.26. The quantitative estimate of drug-likeness (QED) is 0.382. The lowest BCUT2D eigenvalue weighted by molar-refractivity contribution is -0.0210. The summed E-state index contributed by atoms with van der Waals surface area (Å²) in [6, 6.07) is 19.5. The number of halogens is 1. The van der Waals surface area contributed by atoms with Crippen LogP contribution in [0.5, 0.6) is 23.0 Å². The van der Waals surface area contributed by atoms with E-state index in [9.17, 15) is 0 Å². The van der Waals surface area contributed by atoms with Gasteiger partial charge in [0.05, 0.1) is 26.0 Å². The van der Waals surface area contributed by atoms with E-state index in [0.717, 1.165) is 34.6 Å². The van der Waals surface area contributed by atoms with Crippen LogP contribution in [0.4, 0.5) is 0 Å². The molecule has 0 radical (unpaired) electrons. The highest BCUT2D eigenvalue weighted by Gasteiger charge is 2.42. The Morgan fingerprint density at radius 3 is 2.59 bits per heavy atom. The van der Waals surface area contributed by atoms with Crippen molar-refractivity contribution < 1.29 is 18.9 Å². The Bertz CT molecular complexity index is 1240. The molecule has 0 saturated heterocycles. The minimum Gasteiger partial charge on any atom is -0.493 e. The summed E-state index contributed by atoms with van der Waals surface area (Å²) in [7, 11) is 3.27. The van der Waals surface area contributed by atoms with Gasteiger partial charge in [-0.05, 0) is 42.0 Å². The van der Waals surface area contributed by atoms with Crippen molar-refractivity contribution in [2.45, 2.75) is 18.7 Å². The number of hydrazone groups is 1. The van der Waals surface area contributed by atoms with Gasteiger partial charge in [0.2, 0.25) is 6.23 Å². The van der Waals surface area contributed by atoms with Gasteiger partial charge in [-0.3, -0.25) is 0 Å². The van der Waals surface area contributed by atoms with Gasteiger partial charge >= 0.3 is 0 Å². The molecule has 0 bridgehead atoms. The molecule has 0 N–H and O–H groups in total. The molecule has 174 valence electrons. The number of fused-ring (bicyclic) bond motifs is 3. The van der Waals surface area contributed by atoms with E-state index in [-0.39, 0.29) is 6.04 Å². The summed E-state index contributed by atoms with van der Waals surface area (Å²) in [5, 5.41) is 7.72. The molecule has 2 aliphatic heterocycles. The van der Waals surface area contributed by atoms with E-state index in [1.54, 1.807) is 20.3 Å². The summed E-state index contributed by atoms with van der Waals surface area (Å²) in [5.41, 5.74) is 3.95. The molecule has 2 atom stereocenters. The van der Waals surface area contributed by atoms with Crippen LogP contribution in [0.3, 0.4) is 0 Å². The molecule has 3 aromatic rings. The standard InChI is InChI=1S/C27H25ClN2O4/c1-4-14-33-23-13-10-18(15-25(23)32-3)27-30-22(20-6-5-7-24(31-2)26(20)34-27)16-21(29-30)17-8-11-19(28)12-9-17/h4-13,15,22,27H,1,14,16H2,2-3H3/t22-,27+/m1/s1. The topological polar surface area (TPSA) is 52.5 Å². The van der Waals surface area contributed by atoms with Crippen LogP contribution in [0.15, 0.2) is 78.4 Å². The highest BCUT2D eigenvalue weighted by Crippen LogP contribution is 2.51. The SMILES string of the molecule is C=CCOc1ccc([C@@H]2Oc3c(OC)cccc3[C@H]3CC(c4ccc(Cl)cc4)=NN32)cc1OC. The van der Waals surface area contributed by atoms with Gasteiger partial charge < -0.3 is 18.9 Å². The zero-order valence-corrected chi connectivity index (χ0v) is 19.8. The third-order valence-electron chi connectivity index (χ3n) is 6.01. The molecule has 0 amide bonds. The van der Waals surface area contributed by atoms with Gasteiger partial charge in [0.15, 0.2) is 23.0 Å². The predicted octanol–water partition coefficient (Wildman–Crippen LogP) is 6.16. The monoisotopic (exact) mass is 476 g/mol. The second-order valence-corrected chi connectivity index (χ2v) is 8.45. The number of benzene rings is 3. The number of nitrogens with zero attached hydrogens (tertiary/aromatic N) is 2. The summed E-state index contributed by atoms with van der Waals surface area (Å²) in [6.45, 7) is 4.10. The van der Waals surface area contributed by atoms with Crippen molar-refractivity contribution in [3.8, 4) is 23.0 Å². The summed E-state index contributed by atoms with van der Waals surface area (Å²) in [6.07, 6.45) is 1.96. The molecule has 5 rings (SSSR count). The normalized spacial score (nSPS) is 18.3. The van der Waals surface area contributed by atoms with Crippen molar-refractivity contribution in [3.63, 3.8) is 0 Å². The van der Waals surface area contributed by atoms with Gasteiger partial charge in [-0.15, -0.1) is 0 Å². The molecule has 0 spiro atoms. The summed E-state index contributed by atoms with van der Waals surface area (Å²) >= 11 is 6.11. The molecular formula is C27H25ClN2O4. The number of ether oxygens (including phenoxy) is 4. The van der Waals surface area contributed by atoms with E-state index in [1.807, 2.05) is 59.6 Å². The van der Waals surface area contributed by atoms with E-state index in [2.05, 4.69) is 12.6 Å². The first-order chi connectivity index (χ1) is 16.6. The minimum atomic E-state index is -0.471. The summed E-state index contributed by atoms with van der Waals surface area (Å²) < 4.78 is 23.5. The molecular weight excluding hydrogens is 452 g/mol. The zero-order valence-electron chi connectivity index (χ0n) is 19.0. The predicted molar refractivity (Wildman–Crippen MR) is 132 cm³/mol. The number of hydrogen-bond acceptors (Lipinski definition) is 6.